The first-order chi connectivity index (χ1) is 19.3. The molecule has 9 heteroatoms. The van der Waals surface area contributed by atoms with Crippen LogP contribution in [-0.2, 0) is 19.7 Å². The van der Waals surface area contributed by atoms with Gasteiger partial charge in [-0.1, -0.05) is 76.3 Å². The minimum Gasteiger partial charge on any atom is -0.493 e. The van der Waals surface area contributed by atoms with E-state index in [1.54, 1.807) is 25.1 Å². The molecule has 4 rings (SSSR count). The second-order valence-electron chi connectivity index (χ2n) is 11.5. The van der Waals surface area contributed by atoms with Gasteiger partial charge in [-0.3, -0.25) is 14.2 Å². The molecule has 1 aliphatic rings. The fourth-order valence-corrected chi connectivity index (χ4v) is 5.59. The van der Waals surface area contributed by atoms with Crippen molar-refractivity contribution in [3.05, 3.63) is 90.1 Å². The minimum atomic E-state index is -0.823. The molecule has 3 aromatic rings. The van der Waals surface area contributed by atoms with Crippen molar-refractivity contribution in [1.29, 1.82) is 0 Å². The van der Waals surface area contributed by atoms with Crippen molar-refractivity contribution in [1.82, 2.24) is 4.57 Å². The fourth-order valence-electron chi connectivity index (χ4n) is 4.54. The highest BCUT2D eigenvalue weighted by molar-refractivity contribution is 7.07. The summed E-state index contributed by atoms with van der Waals surface area (Å²) >= 11 is 1.26. The number of methoxy groups -OCH3 is 1. The van der Waals surface area contributed by atoms with Crippen molar-refractivity contribution >= 4 is 29.4 Å². The molecular formula is C32H36N2O6S. The number of esters is 2. The summed E-state index contributed by atoms with van der Waals surface area (Å²) in [5.41, 5.74) is 3.15. The van der Waals surface area contributed by atoms with E-state index >= 15 is 0 Å². The van der Waals surface area contributed by atoms with Crippen LogP contribution in [0.15, 0.2) is 63.5 Å². The monoisotopic (exact) mass is 576 g/mol. The number of rotatable bonds is 7. The lowest BCUT2D eigenvalue weighted by Crippen LogP contribution is -2.40. The highest BCUT2D eigenvalue weighted by Gasteiger charge is 2.34. The second-order valence-corrected chi connectivity index (χ2v) is 12.5. The van der Waals surface area contributed by atoms with Crippen LogP contribution in [-0.4, -0.2) is 30.2 Å². The zero-order valence-corrected chi connectivity index (χ0v) is 25.5. The van der Waals surface area contributed by atoms with Crippen LogP contribution >= 0.6 is 11.3 Å². The Morgan fingerprint density at radius 2 is 1.78 bits per heavy atom. The lowest BCUT2D eigenvalue weighted by molar-refractivity contribution is -0.140. The molecule has 1 aliphatic heterocycles. The summed E-state index contributed by atoms with van der Waals surface area (Å²) in [5.74, 6) is -0.372. The van der Waals surface area contributed by atoms with Crippen LogP contribution in [0.1, 0.15) is 71.2 Å². The predicted molar refractivity (Wildman–Crippen MR) is 159 cm³/mol. The third kappa shape index (κ3) is 6.51. The van der Waals surface area contributed by atoms with E-state index in [0.717, 1.165) is 5.56 Å². The topological polar surface area (TPSA) is 96.2 Å². The van der Waals surface area contributed by atoms with Gasteiger partial charge < -0.3 is 14.2 Å². The number of nitrogens with zero attached hydrogens (tertiary/aromatic N) is 2. The highest BCUT2D eigenvalue weighted by atomic mass is 32.1. The summed E-state index contributed by atoms with van der Waals surface area (Å²) < 4.78 is 18.4. The zero-order valence-electron chi connectivity index (χ0n) is 24.7. The van der Waals surface area contributed by atoms with Gasteiger partial charge in [0.25, 0.3) is 5.56 Å². The molecule has 0 spiro atoms. The van der Waals surface area contributed by atoms with Gasteiger partial charge >= 0.3 is 11.9 Å². The lowest BCUT2D eigenvalue weighted by Gasteiger charge is -2.25. The van der Waals surface area contributed by atoms with Crippen molar-refractivity contribution < 1.29 is 23.8 Å². The third-order valence-corrected chi connectivity index (χ3v) is 7.60. The number of hydrogen-bond acceptors (Lipinski definition) is 8. The van der Waals surface area contributed by atoms with Gasteiger partial charge in [0.15, 0.2) is 16.3 Å². The Kier molecular flexibility index (Phi) is 8.68. The fraction of sp³-hybridized carbons (Fsp3) is 0.375. The standard InChI is InChI=1S/C32H36N2O6S/c1-18(2)17-39-30(37)27-19(3)33-31-34(28(27)22-11-14-24(40-20(4)35)25(16-22)38-8)29(36)26(41-31)15-21-9-12-23(13-10-21)32(5,6)7/h9-16,18,28H,17H2,1-8H3. The van der Waals surface area contributed by atoms with Crippen molar-refractivity contribution in [3.8, 4) is 11.5 Å². The maximum Gasteiger partial charge on any atom is 0.338 e. The maximum absolute atomic E-state index is 13.9. The molecule has 0 N–H and O–H groups in total. The van der Waals surface area contributed by atoms with Crippen LogP contribution in [0.4, 0.5) is 0 Å². The SMILES string of the molecule is COc1cc(C2C(C(=O)OCC(C)C)=C(C)N=c3sc(=Cc4ccc(C(C)(C)C)cc4)c(=O)n32)ccc1OC(C)=O. The molecule has 1 unspecified atom stereocenters. The Balaban J connectivity index is 1.89. The molecule has 0 radical (unpaired) electrons. The molecular weight excluding hydrogens is 540 g/mol. The van der Waals surface area contributed by atoms with Crippen molar-refractivity contribution in [3.63, 3.8) is 0 Å². The quantitative estimate of drug-likeness (QED) is 0.300. The van der Waals surface area contributed by atoms with Gasteiger partial charge in [-0.15, -0.1) is 0 Å². The Morgan fingerprint density at radius 1 is 1.10 bits per heavy atom. The van der Waals surface area contributed by atoms with Crippen LogP contribution in [0.3, 0.4) is 0 Å². The average Bonchev–Trinajstić information content (AvgIpc) is 3.20. The number of hydrogen-bond donors (Lipinski definition) is 0. The summed E-state index contributed by atoms with van der Waals surface area (Å²) in [6.07, 6.45) is 1.84. The van der Waals surface area contributed by atoms with Gasteiger partial charge in [0.05, 0.1) is 35.6 Å². The molecule has 0 bridgehead atoms. The number of carbonyl (C=O) groups excluding carboxylic acids is 2. The van der Waals surface area contributed by atoms with Crippen LogP contribution in [0.5, 0.6) is 11.5 Å². The van der Waals surface area contributed by atoms with E-state index in [-0.39, 0.29) is 34.8 Å². The Hall–Kier alpha value is -3.98. The molecule has 8 nitrogen and oxygen atoms in total. The summed E-state index contributed by atoms with van der Waals surface area (Å²) in [7, 11) is 1.46. The van der Waals surface area contributed by atoms with Crippen molar-refractivity contribution in [2.24, 2.45) is 10.9 Å². The summed E-state index contributed by atoms with van der Waals surface area (Å²) in [4.78, 5) is 44.1. The lowest BCUT2D eigenvalue weighted by atomic mass is 9.87. The van der Waals surface area contributed by atoms with Gasteiger partial charge in [-0.2, -0.15) is 0 Å². The van der Waals surface area contributed by atoms with Crippen molar-refractivity contribution in [2.75, 3.05) is 13.7 Å². The number of fused-ring (bicyclic) bond motifs is 1. The molecule has 216 valence electrons. The summed E-state index contributed by atoms with van der Waals surface area (Å²) in [6.45, 7) is 13.6. The number of aromatic nitrogens is 1. The number of ether oxygens (including phenoxy) is 3. The van der Waals surface area contributed by atoms with Gasteiger partial charge in [0.1, 0.15) is 0 Å². The first-order valence-corrected chi connectivity index (χ1v) is 14.3. The second kappa shape index (κ2) is 11.9. The largest absolute Gasteiger partial charge is 0.493 e. The summed E-state index contributed by atoms with van der Waals surface area (Å²) in [6, 6.07) is 12.3. The van der Waals surface area contributed by atoms with E-state index in [1.165, 1.54) is 35.5 Å². The Labute approximate surface area is 243 Å². The first kappa shape index (κ1) is 30.0. The van der Waals surface area contributed by atoms with E-state index in [1.807, 2.05) is 32.1 Å². The number of thiazole rings is 1. The molecule has 2 heterocycles. The molecule has 0 aliphatic carbocycles. The third-order valence-electron chi connectivity index (χ3n) is 6.62. The van der Waals surface area contributed by atoms with E-state index in [4.69, 9.17) is 14.2 Å². The van der Waals surface area contributed by atoms with Crippen molar-refractivity contribution in [2.45, 2.75) is 59.9 Å². The smallest absolute Gasteiger partial charge is 0.338 e. The van der Waals surface area contributed by atoms with Crippen LogP contribution in [0.25, 0.3) is 6.08 Å². The van der Waals surface area contributed by atoms with Crippen LogP contribution < -0.4 is 24.4 Å². The number of allylic oxidation sites excluding steroid dienone is 1. The van der Waals surface area contributed by atoms with Gasteiger partial charge in [0.2, 0.25) is 0 Å². The van der Waals surface area contributed by atoms with E-state index < -0.39 is 18.0 Å². The highest BCUT2D eigenvalue weighted by Crippen LogP contribution is 2.36. The Bertz CT molecular complexity index is 1690. The van der Waals surface area contributed by atoms with E-state index in [2.05, 4.69) is 37.9 Å². The normalized spacial score (nSPS) is 15.4. The average molecular weight is 577 g/mol. The molecule has 0 amide bonds. The minimum absolute atomic E-state index is 0.0159. The Morgan fingerprint density at radius 3 is 2.37 bits per heavy atom. The molecule has 41 heavy (non-hydrogen) atoms. The molecule has 0 fully saturated rings. The van der Waals surface area contributed by atoms with Crippen LogP contribution in [0.2, 0.25) is 0 Å². The molecule has 0 saturated heterocycles. The first-order valence-electron chi connectivity index (χ1n) is 13.5. The molecule has 2 aromatic carbocycles. The van der Waals surface area contributed by atoms with Crippen LogP contribution in [0, 0.1) is 5.92 Å². The number of benzene rings is 2. The van der Waals surface area contributed by atoms with E-state index in [9.17, 15) is 14.4 Å². The maximum atomic E-state index is 13.9. The van der Waals surface area contributed by atoms with Gasteiger partial charge in [0, 0.05) is 6.92 Å². The number of carbonyl (C=O) groups is 2. The predicted octanol–water partition coefficient (Wildman–Crippen LogP) is 4.67. The van der Waals surface area contributed by atoms with E-state index in [0.29, 0.717) is 26.3 Å². The van der Waals surface area contributed by atoms with Gasteiger partial charge in [-0.25, -0.2) is 9.79 Å². The molecule has 1 aromatic heterocycles. The molecule has 1 atom stereocenters. The summed E-state index contributed by atoms with van der Waals surface area (Å²) in [5, 5.41) is 0. The molecule has 0 saturated carbocycles. The van der Waals surface area contributed by atoms with Gasteiger partial charge in [-0.05, 0) is 53.2 Å². The zero-order chi connectivity index (χ0) is 30.1.